The van der Waals surface area contributed by atoms with Crippen LogP contribution >= 0.6 is 12.4 Å². The summed E-state index contributed by atoms with van der Waals surface area (Å²) in [6.45, 7) is 3.93. The van der Waals surface area contributed by atoms with Crippen molar-refractivity contribution in [2.75, 3.05) is 0 Å². The molecule has 3 rings (SSSR count). The highest BCUT2D eigenvalue weighted by molar-refractivity contribution is 5.97. The van der Waals surface area contributed by atoms with Crippen LogP contribution in [0.2, 0.25) is 0 Å². The Morgan fingerprint density at radius 3 is 2.22 bits per heavy atom. The lowest BCUT2D eigenvalue weighted by Gasteiger charge is -2.45. The maximum atomic E-state index is 13.0. The van der Waals surface area contributed by atoms with Gasteiger partial charge < -0.3 is 16.4 Å². The molecule has 2 saturated carbocycles. The second kappa shape index (κ2) is 9.56. The number of carbonyl (C=O) groups excluding carboxylic acids is 2. The number of hydrogen-bond donors (Lipinski definition) is 3. The molecule has 2 aliphatic rings. The molecule has 3 unspecified atom stereocenters. The van der Waals surface area contributed by atoms with E-state index < -0.39 is 6.04 Å². The fraction of sp³-hybridized carbons (Fsp3) is 0.619. The van der Waals surface area contributed by atoms with Gasteiger partial charge in [-0.3, -0.25) is 9.59 Å². The van der Waals surface area contributed by atoms with Crippen molar-refractivity contribution in [3.05, 3.63) is 35.9 Å². The summed E-state index contributed by atoms with van der Waals surface area (Å²) in [5.74, 6) is 0.693. The van der Waals surface area contributed by atoms with Gasteiger partial charge in [0.1, 0.15) is 6.04 Å². The zero-order valence-corrected chi connectivity index (χ0v) is 17.0. The van der Waals surface area contributed by atoms with E-state index in [1.54, 1.807) is 12.1 Å². The van der Waals surface area contributed by atoms with Gasteiger partial charge in [0.25, 0.3) is 5.91 Å². The Labute approximate surface area is 168 Å². The average Bonchev–Trinajstić information content (AvgIpc) is 2.60. The van der Waals surface area contributed by atoms with Crippen LogP contribution in [0.4, 0.5) is 0 Å². The van der Waals surface area contributed by atoms with Crippen LogP contribution in [-0.4, -0.2) is 29.9 Å². The second-order valence-corrected chi connectivity index (χ2v) is 8.28. The van der Waals surface area contributed by atoms with E-state index in [1.165, 1.54) is 6.42 Å². The van der Waals surface area contributed by atoms with Crippen LogP contribution in [0, 0.1) is 17.8 Å². The van der Waals surface area contributed by atoms with Crippen molar-refractivity contribution in [3.63, 3.8) is 0 Å². The highest BCUT2D eigenvalue weighted by Crippen LogP contribution is 2.39. The summed E-state index contributed by atoms with van der Waals surface area (Å²) in [4.78, 5) is 25.5. The van der Waals surface area contributed by atoms with Gasteiger partial charge in [0.15, 0.2) is 0 Å². The van der Waals surface area contributed by atoms with Crippen molar-refractivity contribution >= 4 is 24.2 Å². The minimum Gasteiger partial charge on any atom is -0.351 e. The highest BCUT2D eigenvalue weighted by atomic mass is 35.5. The first kappa shape index (κ1) is 21.7. The first-order valence-electron chi connectivity index (χ1n) is 9.87. The fourth-order valence-corrected chi connectivity index (χ4v) is 4.63. The highest BCUT2D eigenvalue weighted by Gasteiger charge is 2.41. The smallest absolute Gasteiger partial charge is 0.251 e. The van der Waals surface area contributed by atoms with Crippen molar-refractivity contribution in [3.8, 4) is 0 Å². The van der Waals surface area contributed by atoms with E-state index in [0.29, 0.717) is 17.4 Å². The van der Waals surface area contributed by atoms with Crippen LogP contribution in [0.3, 0.4) is 0 Å². The van der Waals surface area contributed by atoms with Crippen LogP contribution in [0.5, 0.6) is 0 Å². The van der Waals surface area contributed by atoms with Crippen LogP contribution in [-0.2, 0) is 4.79 Å². The van der Waals surface area contributed by atoms with Crippen LogP contribution in [0.15, 0.2) is 30.3 Å². The van der Waals surface area contributed by atoms with E-state index in [1.807, 2.05) is 32.0 Å². The summed E-state index contributed by atoms with van der Waals surface area (Å²) in [6, 6.07) is 8.98. The molecule has 0 radical (unpaired) electrons. The fourth-order valence-electron chi connectivity index (χ4n) is 4.63. The Bertz CT molecular complexity index is 624. The zero-order chi connectivity index (χ0) is 18.7. The molecule has 0 spiro atoms. The minimum atomic E-state index is -0.529. The Morgan fingerprint density at radius 1 is 1.07 bits per heavy atom. The third-order valence-corrected chi connectivity index (χ3v) is 5.96. The quantitative estimate of drug-likeness (QED) is 0.719. The normalized spacial score (nSPS) is 28.0. The summed E-state index contributed by atoms with van der Waals surface area (Å²) in [5, 5.41) is 6.19. The number of carbonyl (C=O) groups is 2. The SMILES string of the molecule is CC(C)C(NC(=O)c1ccccc1)C(=O)NC1C2CCCC1CC(N)C2.Cl. The number of rotatable bonds is 5. The first-order valence-corrected chi connectivity index (χ1v) is 9.87. The summed E-state index contributed by atoms with van der Waals surface area (Å²) in [5.41, 5.74) is 6.76. The molecule has 4 N–H and O–H groups in total. The molecule has 5 nitrogen and oxygen atoms in total. The van der Waals surface area contributed by atoms with Gasteiger partial charge in [-0.05, 0) is 55.6 Å². The molecule has 150 valence electrons. The van der Waals surface area contributed by atoms with Crippen molar-refractivity contribution in [1.82, 2.24) is 10.6 Å². The molecule has 6 heteroatoms. The molecular weight excluding hydrogens is 362 g/mol. The Kier molecular flexibility index (Phi) is 7.68. The third kappa shape index (κ3) is 5.23. The molecule has 2 amide bonds. The van der Waals surface area contributed by atoms with Gasteiger partial charge in [-0.25, -0.2) is 0 Å². The second-order valence-electron chi connectivity index (χ2n) is 8.28. The van der Waals surface area contributed by atoms with Crippen molar-refractivity contribution in [2.24, 2.45) is 23.5 Å². The molecule has 3 atom stereocenters. The van der Waals surface area contributed by atoms with Crippen LogP contribution in [0.1, 0.15) is 56.3 Å². The van der Waals surface area contributed by atoms with E-state index in [-0.39, 0.29) is 42.2 Å². The number of nitrogens with one attached hydrogen (secondary N) is 2. The lowest BCUT2D eigenvalue weighted by atomic mass is 9.67. The Morgan fingerprint density at radius 2 is 1.67 bits per heavy atom. The van der Waals surface area contributed by atoms with E-state index in [4.69, 9.17) is 5.73 Å². The van der Waals surface area contributed by atoms with Crippen molar-refractivity contribution < 1.29 is 9.59 Å². The Balaban J connectivity index is 0.00000261. The monoisotopic (exact) mass is 393 g/mol. The van der Waals surface area contributed by atoms with Crippen LogP contribution in [0.25, 0.3) is 0 Å². The molecule has 0 aromatic heterocycles. The van der Waals surface area contributed by atoms with Crippen LogP contribution < -0.4 is 16.4 Å². The number of fused-ring (bicyclic) bond motifs is 2. The predicted octanol–water partition coefficient (Wildman–Crippen LogP) is 2.89. The van der Waals surface area contributed by atoms with Gasteiger partial charge >= 0.3 is 0 Å². The van der Waals surface area contributed by atoms with Gasteiger partial charge in [-0.15, -0.1) is 12.4 Å². The molecule has 0 saturated heterocycles. The van der Waals surface area contributed by atoms with Gasteiger partial charge in [-0.2, -0.15) is 0 Å². The van der Waals surface area contributed by atoms with E-state index >= 15 is 0 Å². The maximum absolute atomic E-state index is 13.0. The van der Waals surface area contributed by atoms with Gasteiger partial charge in [0, 0.05) is 17.6 Å². The molecule has 1 aromatic carbocycles. The van der Waals surface area contributed by atoms with E-state index in [0.717, 1.165) is 25.7 Å². The number of hydrogen-bond acceptors (Lipinski definition) is 3. The lowest BCUT2D eigenvalue weighted by Crippen LogP contribution is -2.58. The van der Waals surface area contributed by atoms with E-state index in [9.17, 15) is 9.59 Å². The summed E-state index contributed by atoms with van der Waals surface area (Å²) < 4.78 is 0. The number of nitrogens with two attached hydrogens (primary N) is 1. The van der Waals surface area contributed by atoms with Gasteiger partial charge in [-0.1, -0.05) is 38.5 Å². The average molecular weight is 394 g/mol. The molecule has 0 aliphatic heterocycles. The predicted molar refractivity (Wildman–Crippen MR) is 110 cm³/mol. The Hall–Kier alpha value is -1.59. The topological polar surface area (TPSA) is 84.2 Å². The summed E-state index contributed by atoms with van der Waals surface area (Å²) >= 11 is 0. The minimum absolute atomic E-state index is 0. The van der Waals surface area contributed by atoms with Gasteiger partial charge in [0.05, 0.1) is 0 Å². The standard InChI is InChI=1S/C21H31N3O2.ClH/c1-13(2)18(23-20(25)14-7-4-3-5-8-14)21(26)24-19-15-9-6-10-16(19)12-17(22)11-15;/h3-5,7-8,13,15-19H,6,9-12,22H2,1-2H3,(H,23,25)(H,24,26);1H. The van der Waals surface area contributed by atoms with Gasteiger partial charge in [0.2, 0.25) is 5.91 Å². The molecule has 2 aliphatic carbocycles. The van der Waals surface area contributed by atoms with Crippen molar-refractivity contribution in [1.29, 1.82) is 0 Å². The molecule has 1 aromatic rings. The summed E-state index contributed by atoms with van der Waals surface area (Å²) in [7, 11) is 0. The lowest BCUT2D eigenvalue weighted by molar-refractivity contribution is -0.126. The molecular formula is C21H32ClN3O2. The van der Waals surface area contributed by atoms with E-state index in [2.05, 4.69) is 10.6 Å². The third-order valence-electron chi connectivity index (χ3n) is 5.96. The zero-order valence-electron chi connectivity index (χ0n) is 16.2. The number of benzene rings is 1. The maximum Gasteiger partial charge on any atom is 0.251 e. The first-order chi connectivity index (χ1) is 12.5. The molecule has 0 heterocycles. The number of halogens is 1. The summed E-state index contributed by atoms with van der Waals surface area (Å²) in [6.07, 6.45) is 5.48. The largest absolute Gasteiger partial charge is 0.351 e. The van der Waals surface area contributed by atoms with Crippen molar-refractivity contribution in [2.45, 2.75) is 64.1 Å². The molecule has 2 bridgehead atoms. The number of amides is 2. The molecule has 2 fully saturated rings. The molecule has 27 heavy (non-hydrogen) atoms.